The quantitative estimate of drug-likeness (QED) is 0.855. The summed E-state index contributed by atoms with van der Waals surface area (Å²) in [6.45, 7) is 1.80. The number of benzene rings is 2. The van der Waals surface area contributed by atoms with Crippen molar-refractivity contribution in [1.82, 2.24) is 5.32 Å². The standard InChI is InChI=1S/C18H19F3N2O3S/c1-26-13-4-2-5-14(12-13)27(24,25)16-7-3-6-15(17(16)18(19,20)21)23-10-8-22-9-11-23/h2-7,12,22H,8-11H2,1H3. The number of methoxy groups -OCH3 is 1. The van der Waals surface area contributed by atoms with Crippen LogP contribution in [-0.4, -0.2) is 41.7 Å². The number of ether oxygens (including phenoxy) is 1. The number of rotatable bonds is 4. The van der Waals surface area contributed by atoms with Crippen LogP contribution in [0.1, 0.15) is 5.56 Å². The monoisotopic (exact) mass is 400 g/mol. The number of piperazine rings is 1. The number of hydrogen-bond donors (Lipinski definition) is 1. The molecule has 0 bridgehead atoms. The van der Waals surface area contributed by atoms with Crippen LogP contribution < -0.4 is 15.0 Å². The van der Waals surface area contributed by atoms with E-state index in [-0.39, 0.29) is 16.3 Å². The molecule has 0 aromatic heterocycles. The van der Waals surface area contributed by atoms with Crippen molar-refractivity contribution in [2.75, 3.05) is 38.2 Å². The fraction of sp³-hybridized carbons (Fsp3) is 0.333. The average molecular weight is 400 g/mol. The predicted molar refractivity (Wildman–Crippen MR) is 95.0 cm³/mol. The molecule has 1 saturated heterocycles. The highest BCUT2D eigenvalue weighted by Crippen LogP contribution is 2.42. The SMILES string of the molecule is COc1cccc(S(=O)(=O)c2cccc(N3CCNCC3)c2C(F)(F)F)c1. The first-order valence-electron chi connectivity index (χ1n) is 8.30. The van der Waals surface area contributed by atoms with Gasteiger partial charge in [-0.15, -0.1) is 0 Å². The summed E-state index contributed by atoms with van der Waals surface area (Å²) < 4.78 is 72.8. The Bertz CT molecular complexity index is 924. The van der Waals surface area contributed by atoms with E-state index >= 15 is 0 Å². The molecular formula is C18H19F3N2O3S. The molecular weight excluding hydrogens is 381 g/mol. The summed E-state index contributed by atoms with van der Waals surface area (Å²) in [4.78, 5) is 0.563. The van der Waals surface area contributed by atoms with Crippen LogP contribution in [-0.2, 0) is 16.0 Å². The van der Waals surface area contributed by atoms with E-state index in [1.165, 1.54) is 43.5 Å². The van der Waals surface area contributed by atoms with Crippen LogP contribution in [0.3, 0.4) is 0 Å². The Balaban J connectivity index is 2.19. The molecule has 2 aromatic carbocycles. The summed E-state index contributed by atoms with van der Waals surface area (Å²) >= 11 is 0. The van der Waals surface area contributed by atoms with E-state index < -0.39 is 26.5 Å². The summed E-state index contributed by atoms with van der Waals surface area (Å²) in [5, 5.41) is 3.07. The Labute approximate surface area is 155 Å². The van der Waals surface area contributed by atoms with Gasteiger partial charge in [0.05, 0.1) is 28.2 Å². The predicted octanol–water partition coefficient (Wildman–Crippen LogP) is 2.96. The number of alkyl halides is 3. The fourth-order valence-electron chi connectivity index (χ4n) is 3.09. The fourth-order valence-corrected chi connectivity index (χ4v) is 4.62. The van der Waals surface area contributed by atoms with Crippen molar-refractivity contribution in [3.63, 3.8) is 0 Å². The van der Waals surface area contributed by atoms with Crippen LogP contribution in [0.5, 0.6) is 5.75 Å². The minimum Gasteiger partial charge on any atom is -0.497 e. The van der Waals surface area contributed by atoms with Crippen molar-refractivity contribution < 1.29 is 26.3 Å². The minimum atomic E-state index is -4.82. The van der Waals surface area contributed by atoms with Crippen LogP contribution in [0.4, 0.5) is 18.9 Å². The molecule has 5 nitrogen and oxygen atoms in total. The number of hydrogen-bond acceptors (Lipinski definition) is 5. The zero-order valence-electron chi connectivity index (χ0n) is 14.6. The van der Waals surface area contributed by atoms with E-state index in [2.05, 4.69) is 5.32 Å². The summed E-state index contributed by atoms with van der Waals surface area (Å²) in [5.74, 6) is 0.253. The summed E-state index contributed by atoms with van der Waals surface area (Å²) in [6, 6.07) is 9.10. The zero-order valence-corrected chi connectivity index (χ0v) is 15.4. The van der Waals surface area contributed by atoms with E-state index in [0.717, 1.165) is 6.07 Å². The lowest BCUT2D eigenvalue weighted by Crippen LogP contribution is -2.44. The molecule has 0 unspecified atom stereocenters. The molecule has 0 atom stereocenters. The van der Waals surface area contributed by atoms with Gasteiger partial charge in [0, 0.05) is 26.2 Å². The lowest BCUT2D eigenvalue weighted by Gasteiger charge is -2.32. The van der Waals surface area contributed by atoms with Crippen LogP contribution in [0, 0.1) is 0 Å². The molecule has 0 amide bonds. The summed E-state index contributed by atoms with van der Waals surface area (Å²) in [6.07, 6.45) is -4.82. The molecule has 1 N–H and O–H groups in total. The second-order valence-electron chi connectivity index (χ2n) is 6.07. The molecule has 1 aliphatic rings. The van der Waals surface area contributed by atoms with Crippen molar-refractivity contribution in [3.8, 4) is 5.75 Å². The molecule has 1 fully saturated rings. The van der Waals surface area contributed by atoms with Gasteiger partial charge in [-0.05, 0) is 30.3 Å². The van der Waals surface area contributed by atoms with Gasteiger partial charge in [0.25, 0.3) is 0 Å². The molecule has 27 heavy (non-hydrogen) atoms. The van der Waals surface area contributed by atoms with E-state index in [0.29, 0.717) is 26.2 Å². The molecule has 0 radical (unpaired) electrons. The maximum absolute atomic E-state index is 13.9. The van der Waals surface area contributed by atoms with Crippen LogP contribution in [0.2, 0.25) is 0 Å². The number of sulfone groups is 1. The van der Waals surface area contributed by atoms with Gasteiger partial charge in [-0.1, -0.05) is 12.1 Å². The highest BCUT2D eigenvalue weighted by atomic mass is 32.2. The third-order valence-electron chi connectivity index (χ3n) is 4.39. The molecule has 2 aromatic rings. The smallest absolute Gasteiger partial charge is 0.419 e. The van der Waals surface area contributed by atoms with Gasteiger partial charge in [-0.25, -0.2) is 8.42 Å². The molecule has 0 spiro atoms. The van der Waals surface area contributed by atoms with Crippen molar-refractivity contribution >= 4 is 15.5 Å². The van der Waals surface area contributed by atoms with Gasteiger partial charge in [0.2, 0.25) is 9.84 Å². The van der Waals surface area contributed by atoms with Gasteiger partial charge in [-0.3, -0.25) is 0 Å². The Hall–Kier alpha value is -2.26. The van der Waals surface area contributed by atoms with Crippen molar-refractivity contribution in [3.05, 3.63) is 48.0 Å². The molecule has 1 heterocycles. The molecule has 0 saturated carbocycles. The molecule has 146 valence electrons. The van der Waals surface area contributed by atoms with Crippen molar-refractivity contribution in [2.24, 2.45) is 0 Å². The van der Waals surface area contributed by atoms with E-state index in [4.69, 9.17) is 4.74 Å². The first kappa shape index (κ1) is 19.5. The highest BCUT2D eigenvalue weighted by Gasteiger charge is 2.41. The maximum Gasteiger partial charge on any atom is 0.419 e. The Morgan fingerprint density at radius 1 is 1.07 bits per heavy atom. The lowest BCUT2D eigenvalue weighted by molar-refractivity contribution is -0.139. The number of anilines is 1. The second-order valence-corrected chi connectivity index (χ2v) is 7.99. The van der Waals surface area contributed by atoms with E-state index in [1.54, 1.807) is 4.90 Å². The van der Waals surface area contributed by atoms with Crippen molar-refractivity contribution in [2.45, 2.75) is 16.0 Å². The first-order chi connectivity index (χ1) is 12.7. The average Bonchev–Trinajstić information content (AvgIpc) is 2.67. The second kappa shape index (κ2) is 7.40. The van der Waals surface area contributed by atoms with Crippen LogP contribution in [0.15, 0.2) is 52.3 Å². The van der Waals surface area contributed by atoms with Gasteiger partial charge < -0.3 is 15.0 Å². The van der Waals surface area contributed by atoms with Gasteiger partial charge in [0.15, 0.2) is 0 Å². The van der Waals surface area contributed by atoms with Crippen LogP contribution in [0.25, 0.3) is 0 Å². The Morgan fingerprint density at radius 2 is 1.74 bits per heavy atom. The molecule has 9 heteroatoms. The van der Waals surface area contributed by atoms with E-state index in [1.807, 2.05) is 0 Å². The Kier molecular flexibility index (Phi) is 5.34. The van der Waals surface area contributed by atoms with Crippen LogP contribution >= 0.6 is 0 Å². The zero-order chi connectivity index (χ0) is 19.7. The lowest BCUT2D eigenvalue weighted by atomic mass is 10.1. The third-order valence-corrected chi connectivity index (χ3v) is 6.18. The number of halogens is 3. The third kappa shape index (κ3) is 3.89. The van der Waals surface area contributed by atoms with Gasteiger partial charge >= 0.3 is 6.18 Å². The number of nitrogens with zero attached hydrogens (tertiary/aromatic N) is 1. The van der Waals surface area contributed by atoms with Gasteiger partial charge in [0.1, 0.15) is 5.75 Å². The van der Waals surface area contributed by atoms with Crippen molar-refractivity contribution in [1.29, 1.82) is 0 Å². The highest BCUT2D eigenvalue weighted by molar-refractivity contribution is 7.91. The van der Waals surface area contributed by atoms with E-state index in [9.17, 15) is 21.6 Å². The normalized spacial score (nSPS) is 15.6. The number of nitrogens with one attached hydrogen (secondary N) is 1. The largest absolute Gasteiger partial charge is 0.497 e. The molecule has 1 aliphatic heterocycles. The van der Waals surface area contributed by atoms with Gasteiger partial charge in [-0.2, -0.15) is 13.2 Å². The first-order valence-corrected chi connectivity index (χ1v) is 9.78. The molecule has 3 rings (SSSR count). The topological polar surface area (TPSA) is 58.6 Å². The maximum atomic E-state index is 13.9. The minimum absolute atomic E-state index is 0.118. The summed E-state index contributed by atoms with van der Waals surface area (Å²) in [5.41, 5.74) is -1.25. The molecule has 0 aliphatic carbocycles. The summed E-state index contributed by atoms with van der Waals surface area (Å²) in [7, 11) is -3.03. The Morgan fingerprint density at radius 3 is 2.37 bits per heavy atom.